The molecule has 0 aliphatic rings. The Bertz CT molecular complexity index is 379. The molecular weight excluding hydrogens is 216 g/mol. The van der Waals surface area contributed by atoms with Crippen molar-refractivity contribution in [1.82, 2.24) is 0 Å². The van der Waals surface area contributed by atoms with Crippen LogP contribution in [-0.2, 0) is 4.74 Å². The van der Waals surface area contributed by atoms with Gasteiger partial charge in [0.1, 0.15) is 0 Å². The van der Waals surface area contributed by atoms with Crippen LogP contribution in [0.25, 0.3) is 0 Å². The van der Waals surface area contributed by atoms with E-state index in [1.807, 2.05) is 32.9 Å². The summed E-state index contributed by atoms with van der Waals surface area (Å²) in [6.07, 6.45) is 1.47. The third-order valence-corrected chi connectivity index (χ3v) is 2.57. The largest absolute Gasteiger partial charge is 0.449 e. The number of anilines is 2. The molecule has 94 valence electrons. The van der Waals surface area contributed by atoms with Crippen molar-refractivity contribution < 1.29 is 9.53 Å². The summed E-state index contributed by atoms with van der Waals surface area (Å²) in [5.74, 6) is 0. The zero-order valence-corrected chi connectivity index (χ0v) is 10.7. The predicted octanol–water partition coefficient (Wildman–Crippen LogP) is 3.23. The van der Waals surface area contributed by atoms with Crippen molar-refractivity contribution in [3.8, 4) is 0 Å². The van der Waals surface area contributed by atoms with E-state index in [4.69, 9.17) is 10.5 Å². The molecule has 0 atom stereocenters. The number of unbranched alkanes of at least 4 members (excludes halogenated alkanes) is 1. The summed E-state index contributed by atoms with van der Waals surface area (Å²) in [7, 11) is 0. The van der Waals surface area contributed by atoms with E-state index in [9.17, 15) is 4.79 Å². The van der Waals surface area contributed by atoms with Gasteiger partial charge in [-0.1, -0.05) is 13.3 Å². The zero-order valence-electron chi connectivity index (χ0n) is 10.7. The zero-order chi connectivity index (χ0) is 12.8. The van der Waals surface area contributed by atoms with E-state index < -0.39 is 6.09 Å². The van der Waals surface area contributed by atoms with E-state index in [1.54, 1.807) is 0 Å². The van der Waals surface area contributed by atoms with E-state index in [2.05, 4.69) is 5.32 Å². The van der Waals surface area contributed by atoms with Gasteiger partial charge in [-0.2, -0.15) is 0 Å². The maximum atomic E-state index is 11.4. The second kappa shape index (κ2) is 6.13. The molecule has 0 radical (unpaired) electrons. The number of hydrogen-bond acceptors (Lipinski definition) is 3. The van der Waals surface area contributed by atoms with E-state index in [0.717, 1.165) is 35.3 Å². The molecule has 1 aromatic rings. The molecule has 0 fully saturated rings. The van der Waals surface area contributed by atoms with E-state index >= 15 is 0 Å². The molecule has 0 unspecified atom stereocenters. The number of nitrogen functional groups attached to an aromatic ring is 1. The number of aryl methyl sites for hydroxylation is 2. The molecule has 0 saturated heterocycles. The minimum Gasteiger partial charge on any atom is -0.449 e. The van der Waals surface area contributed by atoms with Gasteiger partial charge in [0.05, 0.1) is 6.61 Å². The average molecular weight is 236 g/mol. The van der Waals surface area contributed by atoms with Gasteiger partial charge in [0.15, 0.2) is 0 Å². The van der Waals surface area contributed by atoms with Gasteiger partial charge in [0.2, 0.25) is 0 Å². The lowest BCUT2D eigenvalue weighted by Crippen LogP contribution is -2.14. The number of hydrogen-bond donors (Lipinski definition) is 2. The van der Waals surface area contributed by atoms with Crippen molar-refractivity contribution >= 4 is 17.5 Å². The van der Waals surface area contributed by atoms with E-state index in [-0.39, 0.29) is 0 Å². The first-order valence-corrected chi connectivity index (χ1v) is 5.85. The summed E-state index contributed by atoms with van der Waals surface area (Å²) in [6, 6.07) is 3.67. The van der Waals surface area contributed by atoms with Gasteiger partial charge in [-0.05, 0) is 43.5 Å². The molecular formula is C13H20N2O2. The maximum Gasteiger partial charge on any atom is 0.411 e. The van der Waals surface area contributed by atoms with Crippen molar-refractivity contribution in [1.29, 1.82) is 0 Å². The molecule has 1 amide bonds. The third kappa shape index (κ3) is 3.98. The highest BCUT2D eigenvalue weighted by molar-refractivity contribution is 5.85. The van der Waals surface area contributed by atoms with Crippen LogP contribution >= 0.6 is 0 Å². The van der Waals surface area contributed by atoms with Crippen LogP contribution in [0.2, 0.25) is 0 Å². The van der Waals surface area contributed by atoms with Crippen LogP contribution in [0, 0.1) is 13.8 Å². The van der Waals surface area contributed by atoms with Crippen molar-refractivity contribution in [3.05, 3.63) is 23.3 Å². The molecule has 1 aromatic carbocycles. The van der Waals surface area contributed by atoms with Gasteiger partial charge in [-0.25, -0.2) is 4.79 Å². The van der Waals surface area contributed by atoms with Gasteiger partial charge < -0.3 is 10.5 Å². The number of carbonyl (C=O) groups excluding carboxylic acids is 1. The molecule has 4 heteroatoms. The molecule has 0 aliphatic carbocycles. The smallest absolute Gasteiger partial charge is 0.411 e. The highest BCUT2D eigenvalue weighted by Gasteiger charge is 2.06. The second-order valence-corrected chi connectivity index (χ2v) is 4.14. The first kappa shape index (κ1) is 13.4. The first-order valence-electron chi connectivity index (χ1n) is 5.85. The topological polar surface area (TPSA) is 64.3 Å². The quantitative estimate of drug-likeness (QED) is 0.623. The monoisotopic (exact) mass is 236 g/mol. The predicted molar refractivity (Wildman–Crippen MR) is 70.2 cm³/mol. The van der Waals surface area contributed by atoms with Crippen molar-refractivity contribution in [2.24, 2.45) is 0 Å². The normalized spacial score (nSPS) is 10.1. The Labute approximate surface area is 102 Å². The number of nitrogens with two attached hydrogens (primary N) is 1. The summed E-state index contributed by atoms with van der Waals surface area (Å²) in [6.45, 7) is 6.33. The van der Waals surface area contributed by atoms with Crippen molar-refractivity contribution in [3.63, 3.8) is 0 Å². The molecule has 17 heavy (non-hydrogen) atoms. The Kier molecular flexibility index (Phi) is 4.82. The van der Waals surface area contributed by atoms with E-state index in [1.165, 1.54) is 0 Å². The lowest BCUT2D eigenvalue weighted by Gasteiger charge is -2.10. The average Bonchev–Trinajstić information content (AvgIpc) is 2.26. The molecule has 0 aromatic heterocycles. The van der Waals surface area contributed by atoms with Crippen LogP contribution in [0.4, 0.5) is 16.2 Å². The first-order chi connectivity index (χ1) is 8.04. The Morgan fingerprint density at radius 1 is 1.35 bits per heavy atom. The highest BCUT2D eigenvalue weighted by Crippen LogP contribution is 2.21. The number of nitrogens with one attached hydrogen (secondary N) is 1. The highest BCUT2D eigenvalue weighted by atomic mass is 16.5. The number of amides is 1. The van der Waals surface area contributed by atoms with Crippen LogP contribution in [0.3, 0.4) is 0 Å². The fraction of sp³-hybridized carbons (Fsp3) is 0.462. The Balaban J connectivity index is 2.60. The molecule has 0 heterocycles. The second-order valence-electron chi connectivity index (χ2n) is 4.14. The fourth-order valence-electron chi connectivity index (χ4n) is 1.51. The molecule has 0 saturated carbocycles. The molecule has 4 nitrogen and oxygen atoms in total. The van der Waals surface area contributed by atoms with Crippen LogP contribution in [-0.4, -0.2) is 12.7 Å². The van der Waals surface area contributed by atoms with Crippen molar-refractivity contribution in [2.45, 2.75) is 33.6 Å². The van der Waals surface area contributed by atoms with Gasteiger partial charge in [0.25, 0.3) is 0 Å². The molecule has 0 spiro atoms. The SMILES string of the molecule is CCCCOC(=O)Nc1cc(C)c(N)c(C)c1. The van der Waals surface area contributed by atoms with Crippen LogP contribution in [0.5, 0.6) is 0 Å². The molecule has 1 rings (SSSR count). The van der Waals surface area contributed by atoms with Gasteiger partial charge in [0, 0.05) is 11.4 Å². The standard InChI is InChI=1S/C13H20N2O2/c1-4-5-6-17-13(16)15-11-7-9(2)12(14)10(3)8-11/h7-8H,4-6,14H2,1-3H3,(H,15,16). The summed E-state index contributed by atoms with van der Waals surface area (Å²) >= 11 is 0. The fourth-order valence-corrected chi connectivity index (χ4v) is 1.51. The minimum absolute atomic E-state index is 0.415. The number of rotatable bonds is 4. The van der Waals surface area contributed by atoms with Gasteiger partial charge in [-0.3, -0.25) is 5.32 Å². The third-order valence-electron chi connectivity index (χ3n) is 2.57. The Morgan fingerprint density at radius 3 is 2.47 bits per heavy atom. The Morgan fingerprint density at radius 2 is 1.94 bits per heavy atom. The molecule has 0 aliphatic heterocycles. The summed E-state index contributed by atoms with van der Waals surface area (Å²) in [5.41, 5.74) is 9.22. The summed E-state index contributed by atoms with van der Waals surface area (Å²) in [4.78, 5) is 11.4. The molecule has 0 bridgehead atoms. The van der Waals surface area contributed by atoms with Crippen molar-refractivity contribution in [2.75, 3.05) is 17.7 Å². The Hall–Kier alpha value is -1.71. The van der Waals surface area contributed by atoms with Crippen LogP contribution < -0.4 is 11.1 Å². The van der Waals surface area contributed by atoms with Crippen LogP contribution in [0.1, 0.15) is 30.9 Å². The number of benzene rings is 1. The van der Waals surface area contributed by atoms with Gasteiger partial charge in [-0.15, -0.1) is 0 Å². The van der Waals surface area contributed by atoms with E-state index in [0.29, 0.717) is 6.61 Å². The lowest BCUT2D eigenvalue weighted by molar-refractivity contribution is 0.160. The van der Waals surface area contributed by atoms with Crippen LogP contribution in [0.15, 0.2) is 12.1 Å². The number of ether oxygens (including phenoxy) is 1. The molecule has 3 N–H and O–H groups in total. The maximum absolute atomic E-state index is 11.4. The number of carbonyl (C=O) groups is 1. The summed E-state index contributed by atoms with van der Waals surface area (Å²) in [5, 5.41) is 2.69. The lowest BCUT2D eigenvalue weighted by atomic mass is 10.1. The summed E-state index contributed by atoms with van der Waals surface area (Å²) < 4.78 is 5.02. The minimum atomic E-state index is -0.415. The van der Waals surface area contributed by atoms with Gasteiger partial charge >= 0.3 is 6.09 Å².